The van der Waals surface area contributed by atoms with Gasteiger partial charge in [-0.15, -0.1) is 0 Å². The Labute approximate surface area is 139 Å². The van der Waals surface area contributed by atoms with Gasteiger partial charge in [-0.3, -0.25) is 4.90 Å². The Morgan fingerprint density at radius 3 is 2.43 bits per heavy atom. The number of hydrogen-bond donors (Lipinski definition) is 1. The molecule has 5 nitrogen and oxygen atoms in total. The maximum absolute atomic E-state index is 5.51. The zero-order chi connectivity index (χ0) is 16.2. The molecular formula is C18H29N3O2. The lowest BCUT2D eigenvalue weighted by atomic mass is 9.94. The van der Waals surface area contributed by atoms with Crippen molar-refractivity contribution in [1.29, 1.82) is 0 Å². The molecule has 2 aliphatic rings. The second-order valence-electron chi connectivity index (χ2n) is 6.43. The highest BCUT2D eigenvalue weighted by Gasteiger charge is 2.29. The van der Waals surface area contributed by atoms with Crippen molar-refractivity contribution >= 4 is 0 Å². The summed E-state index contributed by atoms with van der Waals surface area (Å²) in [5, 5.41) is 3.56. The number of ether oxygens (including phenoxy) is 2. The van der Waals surface area contributed by atoms with Gasteiger partial charge in [0.05, 0.1) is 14.2 Å². The molecule has 1 saturated heterocycles. The van der Waals surface area contributed by atoms with Crippen LogP contribution in [0.25, 0.3) is 0 Å². The van der Waals surface area contributed by atoms with E-state index in [0.717, 1.165) is 37.7 Å². The molecule has 0 aliphatic carbocycles. The van der Waals surface area contributed by atoms with Gasteiger partial charge in [-0.2, -0.15) is 0 Å². The second-order valence-corrected chi connectivity index (χ2v) is 6.43. The molecule has 23 heavy (non-hydrogen) atoms. The van der Waals surface area contributed by atoms with Crippen LogP contribution >= 0.6 is 0 Å². The Balaban J connectivity index is 1.79. The minimum Gasteiger partial charge on any atom is -0.493 e. The van der Waals surface area contributed by atoms with Gasteiger partial charge >= 0.3 is 0 Å². The number of nitrogens with zero attached hydrogens (tertiary/aromatic N) is 2. The van der Waals surface area contributed by atoms with Crippen LogP contribution in [-0.4, -0.2) is 63.3 Å². The van der Waals surface area contributed by atoms with Crippen LogP contribution in [0.15, 0.2) is 12.1 Å². The molecule has 0 amide bonds. The van der Waals surface area contributed by atoms with E-state index in [4.69, 9.17) is 9.47 Å². The lowest BCUT2D eigenvalue weighted by molar-refractivity contribution is 0.0916. The van der Waals surface area contributed by atoms with Crippen molar-refractivity contribution in [3.05, 3.63) is 23.3 Å². The summed E-state index contributed by atoms with van der Waals surface area (Å²) in [5.41, 5.74) is 2.72. The fraction of sp³-hybridized carbons (Fsp3) is 0.667. The van der Waals surface area contributed by atoms with E-state index in [1.165, 1.54) is 37.2 Å². The average molecular weight is 319 g/mol. The van der Waals surface area contributed by atoms with Gasteiger partial charge in [0.2, 0.25) is 0 Å². The highest BCUT2D eigenvalue weighted by molar-refractivity contribution is 5.49. The monoisotopic (exact) mass is 319 g/mol. The first kappa shape index (κ1) is 16.6. The van der Waals surface area contributed by atoms with Crippen LogP contribution in [0.5, 0.6) is 11.5 Å². The third kappa shape index (κ3) is 3.47. The van der Waals surface area contributed by atoms with Crippen LogP contribution in [0.4, 0.5) is 0 Å². The molecule has 2 aliphatic heterocycles. The van der Waals surface area contributed by atoms with Crippen LogP contribution < -0.4 is 14.8 Å². The van der Waals surface area contributed by atoms with E-state index in [1.807, 2.05) is 0 Å². The average Bonchev–Trinajstić information content (AvgIpc) is 2.61. The fourth-order valence-corrected chi connectivity index (χ4v) is 3.79. The topological polar surface area (TPSA) is 37.0 Å². The van der Waals surface area contributed by atoms with E-state index < -0.39 is 0 Å². The first-order valence-electron chi connectivity index (χ1n) is 8.68. The molecule has 0 spiro atoms. The Hall–Kier alpha value is -1.30. The normalized spacial score (nSPS) is 22.7. The molecule has 128 valence electrons. The van der Waals surface area contributed by atoms with E-state index in [1.54, 1.807) is 14.2 Å². The van der Waals surface area contributed by atoms with Crippen molar-refractivity contribution < 1.29 is 9.47 Å². The zero-order valence-electron chi connectivity index (χ0n) is 14.6. The van der Waals surface area contributed by atoms with Crippen LogP contribution in [0.1, 0.15) is 30.5 Å². The molecule has 1 aromatic rings. The van der Waals surface area contributed by atoms with Crippen LogP contribution in [0, 0.1) is 0 Å². The number of piperazine rings is 1. The predicted molar refractivity (Wildman–Crippen MR) is 92.3 cm³/mol. The minimum absolute atomic E-state index is 0.433. The van der Waals surface area contributed by atoms with Gasteiger partial charge in [0.25, 0.3) is 0 Å². The van der Waals surface area contributed by atoms with E-state index in [0.29, 0.717) is 6.04 Å². The summed E-state index contributed by atoms with van der Waals surface area (Å²) >= 11 is 0. The predicted octanol–water partition coefficient (Wildman–Crippen LogP) is 1.88. The highest BCUT2D eigenvalue weighted by atomic mass is 16.5. The minimum atomic E-state index is 0.433. The molecule has 0 saturated carbocycles. The molecule has 0 radical (unpaired) electrons. The van der Waals surface area contributed by atoms with E-state index in [-0.39, 0.29) is 0 Å². The van der Waals surface area contributed by atoms with Crippen LogP contribution in [0.2, 0.25) is 0 Å². The van der Waals surface area contributed by atoms with Gasteiger partial charge in [-0.25, -0.2) is 0 Å². The summed E-state index contributed by atoms with van der Waals surface area (Å²) in [6, 6.07) is 4.74. The first-order valence-corrected chi connectivity index (χ1v) is 8.68. The summed E-state index contributed by atoms with van der Waals surface area (Å²) in [7, 11) is 3.41. The lowest BCUT2D eigenvalue weighted by Gasteiger charge is -2.41. The van der Waals surface area contributed by atoms with E-state index in [2.05, 4.69) is 34.2 Å². The lowest BCUT2D eigenvalue weighted by Crippen LogP contribution is -2.50. The summed E-state index contributed by atoms with van der Waals surface area (Å²) in [5.74, 6) is 1.66. The number of benzene rings is 1. The number of hydrogen-bond acceptors (Lipinski definition) is 5. The van der Waals surface area contributed by atoms with Crippen LogP contribution in [-0.2, 0) is 6.54 Å². The standard InChI is InChI=1S/C18H29N3O2/c1-4-5-20-6-8-21(9-7-20)16-13-19-12-14-10-17(22-2)18(23-3)11-15(14)16/h10-11,16,19H,4-9,12-13H2,1-3H3/t16-/m0/s1. The molecule has 1 aromatic carbocycles. The van der Waals surface area contributed by atoms with Gasteiger partial charge < -0.3 is 19.7 Å². The van der Waals surface area contributed by atoms with Crippen LogP contribution in [0.3, 0.4) is 0 Å². The smallest absolute Gasteiger partial charge is 0.161 e. The Morgan fingerprint density at radius 2 is 1.78 bits per heavy atom. The third-order valence-electron chi connectivity index (χ3n) is 5.05. The van der Waals surface area contributed by atoms with Gasteiger partial charge in [0.15, 0.2) is 11.5 Å². The summed E-state index contributed by atoms with van der Waals surface area (Å²) < 4.78 is 11.0. The van der Waals surface area contributed by atoms with Crippen molar-refractivity contribution in [3.8, 4) is 11.5 Å². The number of rotatable bonds is 5. The summed E-state index contributed by atoms with van der Waals surface area (Å²) in [4.78, 5) is 5.19. The number of nitrogens with one attached hydrogen (secondary N) is 1. The fourth-order valence-electron chi connectivity index (χ4n) is 3.79. The maximum atomic E-state index is 5.51. The maximum Gasteiger partial charge on any atom is 0.161 e. The number of fused-ring (bicyclic) bond motifs is 1. The molecule has 0 aromatic heterocycles. The molecule has 3 rings (SSSR count). The van der Waals surface area contributed by atoms with Gasteiger partial charge in [-0.1, -0.05) is 6.92 Å². The second kappa shape index (κ2) is 7.51. The van der Waals surface area contributed by atoms with Gasteiger partial charge in [-0.05, 0) is 36.2 Å². The highest BCUT2D eigenvalue weighted by Crippen LogP contribution is 2.37. The molecule has 1 atom stereocenters. The van der Waals surface area contributed by atoms with Gasteiger partial charge in [0, 0.05) is 45.3 Å². The third-order valence-corrected chi connectivity index (χ3v) is 5.05. The first-order chi connectivity index (χ1) is 11.3. The molecule has 0 unspecified atom stereocenters. The van der Waals surface area contributed by atoms with Crippen molar-refractivity contribution in [2.24, 2.45) is 0 Å². The molecule has 1 N–H and O–H groups in total. The van der Waals surface area contributed by atoms with E-state index >= 15 is 0 Å². The van der Waals surface area contributed by atoms with E-state index in [9.17, 15) is 0 Å². The molecule has 0 bridgehead atoms. The largest absolute Gasteiger partial charge is 0.493 e. The molecular weight excluding hydrogens is 290 g/mol. The Morgan fingerprint density at radius 1 is 1.09 bits per heavy atom. The summed E-state index contributed by atoms with van der Waals surface area (Å²) in [6.07, 6.45) is 1.24. The Bertz CT molecular complexity index is 527. The Kier molecular flexibility index (Phi) is 5.41. The van der Waals surface area contributed by atoms with Crippen molar-refractivity contribution in [2.75, 3.05) is 53.5 Å². The quantitative estimate of drug-likeness (QED) is 0.897. The van der Waals surface area contributed by atoms with Crippen molar-refractivity contribution in [2.45, 2.75) is 25.9 Å². The van der Waals surface area contributed by atoms with Gasteiger partial charge in [0.1, 0.15) is 0 Å². The van der Waals surface area contributed by atoms with Crippen molar-refractivity contribution in [3.63, 3.8) is 0 Å². The summed E-state index contributed by atoms with van der Waals surface area (Å²) in [6.45, 7) is 10.0. The number of methoxy groups -OCH3 is 2. The molecule has 5 heteroatoms. The molecule has 1 fully saturated rings. The van der Waals surface area contributed by atoms with Crippen molar-refractivity contribution in [1.82, 2.24) is 15.1 Å². The SMILES string of the molecule is CCCN1CCN([C@H]2CNCc3cc(OC)c(OC)cc32)CC1. The molecule has 2 heterocycles. The zero-order valence-corrected chi connectivity index (χ0v) is 14.6.